The van der Waals surface area contributed by atoms with Gasteiger partial charge in [0.05, 0.1) is 30.9 Å². The third-order valence-electron chi connectivity index (χ3n) is 4.53. The van der Waals surface area contributed by atoms with Gasteiger partial charge in [0.25, 0.3) is 0 Å². The Morgan fingerprint density at radius 2 is 2.04 bits per heavy atom. The number of carbonyl (C=O) groups is 2. The molecule has 27 heavy (non-hydrogen) atoms. The molecule has 144 valence electrons. The third kappa shape index (κ3) is 4.58. The van der Waals surface area contributed by atoms with E-state index in [1.54, 1.807) is 48.2 Å². The molecule has 2 aromatic rings. The van der Waals surface area contributed by atoms with E-state index in [9.17, 15) is 14.7 Å². The molecular weight excluding hydrogens is 346 g/mol. The maximum absolute atomic E-state index is 12.2. The Morgan fingerprint density at radius 1 is 1.26 bits per heavy atom. The maximum atomic E-state index is 12.2. The standard InChI is InChI=1S/C19H25N5O3/c1-22(2)19(27)23-8-5-9-24-16(13-23)11-15(21-24)12-20-18(26)10-14-6-3-4-7-17(14)25/h3-4,6-7,11,25H,5,8-10,12-13H2,1-2H3,(H,20,26). The van der Waals surface area contributed by atoms with Gasteiger partial charge in [0.1, 0.15) is 5.75 Å². The molecule has 3 rings (SSSR count). The molecule has 0 aliphatic carbocycles. The van der Waals surface area contributed by atoms with Crippen molar-refractivity contribution in [1.29, 1.82) is 0 Å². The number of hydrogen-bond donors (Lipinski definition) is 2. The van der Waals surface area contributed by atoms with Crippen molar-refractivity contribution in [2.75, 3.05) is 20.6 Å². The molecule has 0 fully saturated rings. The topological polar surface area (TPSA) is 90.7 Å². The van der Waals surface area contributed by atoms with Crippen molar-refractivity contribution in [3.8, 4) is 5.75 Å². The van der Waals surface area contributed by atoms with Gasteiger partial charge in [-0.3, -0.25) is 9.48 Å². The lowest BCUT2D eigenvalue weighted by Gasteiger charge is -2.23. The highest BCUT2D eigenvalue weighted by molar-refractivity contribution is 5.79. The van der Waals surface area contributed by atoms with Crippen LogP contribution in [0.5, 0.6) is 5.75 Å². The highest BCUT2D eigenvalue weighted by atomic mass is 16.3. The summed E-state index contributed by atoms with van der Waals surface area (Å²) in [4.78, 5) is 27.7. The van der Waals surface area contributed by atoms with Crippen LogP contribution >= 0.6 is 0 Å². The lowest BCUT2D eigenvalue weighted by Crippen LogP contribution is -2.38. The lowest BCUT2D eigenvalue weighted by molar-refractivity contribution is -0.120. The SMILES string of the molecule is CN(C)C(=O)N1CCCn2nc(CNC(=O)Cc3ccccc3O)cc2C1. The van der Waals surface area contributed by atoms with Gasteiger partial charge in [0.2, 0.25) is 5.91 Å². The van der Waals surface area contributed by atoms with E-state index >= 15 is 0 Å². The maximum Gasteiger partial charge on any atom is 0.319 e. The number of benzene rings is 1. The number of carbonyl (C=O) groups excluding carboxylic acids is 2. The molecule has 0 spiro atoms. The molecule has 0 bridgehead atoms. The fourth-order valence-electron chi connectivity index (χ4n) is 3.14. The Hall–Kier alpha value is -3.03. The molecule has 8 heteroatoms. The molecule has 1 aromatic carbocycles. The summed E-state index contributed by atoms with van der Waals surface area (Å²) in [7, 11) is 3.49. The van der Waals surface area contributed by atoms with Crippen molar-refractivity contribution in [3.05, 3.63) is 47.3 Å². The van der Waals surface area contributed by atoms with Crippen LogP contribution in [0.4, 0.5) is 4.79 Å². The summed E-state index contributed by atoms with van der Waals surface area (Å²) in [6, 6.07) is 8.72. The van der Waals surface area contributed by atoms with E-state index in [-0.39, 0.29) is 24.1 Å². The third-order valence-corrected chi connectivity index (χ3v) is 4.53. The number of aryl methyl sites for hydroxylation is 1. The fourth-order valence-corrected chi connectivity index (χ4v) is 3.14. The number of aromatic hydroxyl groups is 1. The summed E-state index contributed by atoms with van der Waals surface area (Å²) in [6.45, 7) is 2.27. The van der Waals surface area contributed by atoms with Crippen molar-refractivity contribution in [1.82, 2.24) is 24.9 Å². The number of phenols is 1. The Balaban J connectivity index is 1.60. The van der Waals surface area contributed by atoms with Crippen LogP contribution < -0.4 is 5.32 Å². The van der Waals surface area contributed by atoms with Gasteiger partial charge in [0.15, 0.2) is 0 Å². The van der Waals surface area contributed by atoms with Crippen LogP contribution in [0.3, 0.4) is 0 Å². The molecule has 0 radical (unpaired) electrons. The zero-order valence-corrected chi connectivity index (χ0v) is 15.7. The molecule has 2 N–H and O–H groups in total. The first-order valence-electron chi connectivity index (χ1n) is 8.99. The predicted octanol–water partition coefficient (Wildman–Crippen LogP) is 1.33. The molecule has 2 heterocycles. The number of urea groups is 1. The zero-order chi connectivity index (χ0) is 19.4. The highest BCUT2D eigenvalue weighted by Gasteiger charge is 2.21. The Kier molecular flexibility index (Phi) is 5.63. The number of hydrogen-bond acceptors (Lipinski definition) is 4. The number of rotatable bonds is 4. The summed E-state index contributed by atoms with van der Waals surface area (Å²) in [5, 5.41) is 17.1. The molecule has 0 unspecified atom stereocenters. The number of fused-ring (bicyclic) bond motifs is 1. The van der Waals surface area contributed by atoms with Gasteiger partial charge in [-0.15, -0.1) is 0 Å². The van der Waals surface area contributed by atoms with E-state index in [4.69, 9.17) is 0 Å². The van der Waals surface area contributed by atoms with Gasteiger partial charge in [0, 0.05) is 32.7 Å². The second kappa shape index (κ2) is 8.11. The van der Waals surface area contributed by atoms with E-state index in [2.05, 4.69) is 10.4 Å². The van der Waals surface area contributed by atoms with E-state index in [1.165, 1.54) is 0 Å². The van der Waals surface area contributed by atoms with Crippen LogP contribution in [0.25, 0.3) is 0 Å². The second-order valence-corrected chi connectivity index (χ2v) is 6.88. The molecule has 1 aliphatic rings. The molecule has 3 amide bonds. The van der Waals surface area contributed by atoms with Crippen LogP contribution in [-0.4, -0.2) is 57.3 Å². The van der Waals surface area contributed by atoms with Gasteiger partial charge in [-0.1, -0.05) is 18.2 Å². The average Bonchev–Trinajstić information content (AvgIpc) is 2.91. The number of aromatic nitrogens is 2. The van der Waals surface area contributed by atoms with Crippen molar-refractivity contribution < 1.29 is 14.7 Å². The number of amides is 3. The summed E-state index contributed by atoms with van der Waals surface area (Å²) in [6.07, 6.45) is 0.957. The summed E-state index contributed by atoms with van der Waals surface area (Å²) in [5.41, 5.74) is 2.32. The molecule has 8 nitrogen and oxygen atoms in total. The van der Waals surface area contributed by atoms with Gasteiger partial charge in [-0.2, -0.15) is 5.10 Å². The molecule has 0 saturated heterocycles. The smallest absolute Gasteiger partial charge is 0.319 e. The summed E-state index contributed by atoms with van der Waals surface area (Å²) >= 11 is 0. The van der Waals surface area contributed by atoms with E-state index in [0.717, 1.165) is 24.4 Å². The van der Waals surface area contributed by atoms with Crippen LogP contribution in [0.2, 0.25) is 0 Å². The number of para-hydroxylation sites is 1. The Morgan fingerprint density at radius 3 is 2.78 bits per heavy atom. The van der Waals surface area contributed by atoms with Crippen molar-refractivity contribution in [2.24, 2.45) is 0 Å². The predicted molar refractivity (Wildman–Crippen MR) is 100.0 cm³/mol. The van der Waals surface area contributed by atoms with E-state index < -0.39 is 0 Å². The van der Waals surface area contributed by atoms with Crippen molar-refractivity contribution >= 4 is 11.9 Å². The first-order chi connectivity index (χ1) is 12.9. The quantitative estimate of drug-likeness (QED) is 0.848. The first-order valence-corrected chi connectivity index (χ1v) is 8.99. The summed E-state index contributed by atoms with van der Waals surface area (Å²) in [5.74, 6) is -0.0592. The highest BCUT2D eigenvalue weighted by Crippen LogP contribution is 2.17. The lowest BCUT2D eigenvalue weighted by atomic mass is 10.1. The molecule has 1 aromatic heterocycles. The van der Waals surface area contributed by atoms with Crippen LogP contribution in [-0.2, 0) is 30.8 Å². The van der Waals surface area contributed by atoms with Gasteiger partial charge in [-0.25, -0.2) is 4.79 Å². The minimum absolute atomic E-state index is 0.0119. The number of nitrogens with zero attached hydrogens (tertiary/aromatic N) is 4. The molecule has 0 atom stereocenters. The molecule has 0 saturated carbocycles. The molecular formula is C19H25N5O3. The monoisotopic (exact) mass is 371 g/mol. The largest absolute Gasteiger partial charge is 0.508 e. The normalized spacial score (nSPS) is 13.6. The summed E-state index contributed by atoms with van der Waals surface area (Å²) < 4.78 is 1.91. The van der Waals surface area contributed by atoms with E-state index in [1.807, 2.05) is 10.7 Å². The Labute approximate surface area is 158 Å². The van der Waals surface area contributed by atoms with Crippen LogP contribution in [0, 0.1) is 0 Å². The van der Waals surface area contributed by atoms with Crippen LogP contribution in [0.15, 0.2) is 30.3 Å². The first kappa shape index (κ1) is 18.8. The molecule has 1 aliphatic heterocycles. The Bertz CT molecular complexity index is 831. The second-order valence-electron chi connectivity index (χ2n) is 6.88. The van der Waals surface area contributed by atoms with Crippen LogP contribution in [0.1, 0.15) is 23.4 Å². The van der Waals surface area contributed by atoms with Crippen molar-refractivity contribution in [2.45, 2.75) is 32.5 Å². The zero-order valence-electron chi connectivity index (χ0n) is 15.7. The van der Waals surface area contributed by atoms with Crippen molar-refractivity contribution in [3.63, 3.8) is 0 Å². The van der Waals surface area contributed by atoms with Gasteiger partial charge >= 0.3 is 6.03 Å². The van der Waals surface area contributed by atoms with Gasteiger partial charge in [-0.05, 0) is 18.6 Å². The minimum Gasteiger partial charge on any atom is -0.508 e. The minimum atomic E-state index is -0.177. The van der Waals surface area contributed by atoms with E-state index in [0.29, 0.717) is 25.2 Å². The average molecular weight is 371 g/mol. The number of nitrogens with one attached hydrogen (secondary N) is 1. The van der Waals surface area contributed by atoms with Gasteiger partial charge < -0.3 is 20.2 Å². The number of phenolic OH excluding ortho intramolecular Hbond substituents is 1. The fraction of sp³-hybridized carbons (Fsp3) is 0.421.